The summed E-state index contributed by atoms with van der Waals surface area (Å²) in [5.74, 6) is -0.674. The average Bonchev–Trinajstić information content (AvgIpc) is 2.89. The zero-order valence-electron chi connectivity index (χ0n) is 10.7. The predicted octanol–water partition coefficient (Wildman–Crippen LogP) is 2.29. The van der Waals surface area contributed by atoms with Crippen LogP contribution in [-0.2, 0) is 11.0 Å². The molecule has 1 aliphatic heterocycles. The van der Waals surface area contributed by atoms with E-state index in [2.05, 4.69) is 0 Å². The van der Waals surface area contributed by atoms with Crippen LogP contribution >= 0.6 is 0 Å². The molecule has 20 heavy (non-hydrogen) atoms. The molecule has 0 saturated carbocycles. The molecule has 2 rings (SSSR count). The number of nitrogens with two attached hydrogens (primary N) is 1. The second kappa shape index (κ2) is 5.60. The summed E-state index contributed by atoms with van der Waals surface area (Å²) in [5, 5.41) is 0. The topological polar surface area (TPSA) is 55.6 Å². The first-order valence-electron chi connectivity index (χ1n) is 6.25. The molecule has 0 aromatic heterocycles. The third-order valence-electron chi connectivity index (χ3n) is 3.12. The monoisotopic (exact) mass is 288 g/mol. The number of hydrogen-bond acceptors (Lipinski definition) is 3. The van der Waals surface area contributed by atoms with E-state index in [1.807, 2.05) is 0 Å². The van der Waals surface area contributed by atoms with Gasteiger partial charge in [0.1, 0.15) is 5.75 Å². The van der Waals surface area contributed by atoms with Crippen LogP contribution < -0.4 is 10.5 Å². The molecule has 0 atom stereocenters. The van der Waals surface area contributed by atoms with Crippen LogP contribution in [0.25, 0.3) is 0 Å². The van der Waals surface area contributed by atoms with Crippen LogP contribution in [0, 0.1) is 0 Å². The summed E-state index contributed by atoms with van der Waals surface area (Å²) in [4.78, 5) is 13.3. The van der Waals surface area contributed by atoms with Crippen LogP contribution in [0.1, 0.15) is 18.4 Å². The van der Waals surface area contributed by atoms with E-state index in [4.69, 9.17) is 10.5 Å². The summed E-state index contributed by atoms with van der Waals surface area (Å²) in [5.41, 5.74) is 4.38. The molecule has 110 valence electrons. The largest absolute Gasteiger partial charge is 0.483 e. The molecule has 1 aromatic carbocycles. The zero-order chi connectivity index (χ0) is 14.8. The van der Waals surface area contributed by atoms with Crippen molar-refractivity contribution >= 4 is 11.6 Å². The van der Waals surface area contributed by atoms with Crippen molar-refractivity contribution in [2.45, 2.75) is 19.0 Å². The van der Waals surface area contributed by atoms with Gasteiger partial charge in [-0.3, -0.25) is 4.79 Å². The number of rotatable bonds is 3. The third-order valence-corrected chi connectivity index (χ3v) is 3.12. The van der Waals surface area contributed by atoms with Gasteiger partial charge in [-0.1, -0.05) is 0 Å². The third kappa shape index (κ3) is 3.34. The van der Waals surface area contributed by atoms with E-state index in [9.17, 15) is 18.0 Å². The molecule has 1 saturated heterocycles. The number of benzene rings is 1. The Bertz CT molecular complexity index is 497. The normalized spacial score (nSPS) is 15.4. The summed E-state index contributed by atoms with van der Waals surface area (Å²) >= 11 is 0. The molecule has 1 amide bonds. The lowest BCUT2D eigenvalue weighted by atomic mass is 10.1. The highest BCUT2D eigenvalue weighted by Crippen LogP contribution is 2.37. The SMILES string of the molecule is Nc1ccc(OCC(=O)N2CCCC2)c(C(F)(F)F)c1. The first-order chi connectivity index (χ1) is 9.38. The fraction of sp³-hybridized carbons (Fsp3) is 0.462. The Morgan fingerprint density at radius 1 is 1.30 bits per heavy atom. The van der Waals surface area contributed by atoms with E-state index >= 15 is 0 Å². The molecule has 4 nitrogen and oxygen atoms in total. The Kier molecular flexibility index (Phi) is 4.06. The highest BCUT2D eigenvalue weighted by molar-refractivity contribution is 5.78. The van der Waals surface area contributed by atoms with E-state index in [0.717, 1.165) is 25.0 Å². The first-order valence-corrected chi connectivity index (χ1v) is 6.25. The van der Waals surface area contributed by atoms with Gasteiger partial charge in [0.15, 0.2) is 6.61 Å². The van der Waals surface area contributed by atoms with Gasteiger partial charge in [0.25, 0.3) is 5.91 Å². The minimum atomic E-state index is -4.57. The van der Waals surface area contributed by atoms with Crippen molar-refractivity contribution in [3.05, 3.63) is 23.8 Å². The van der Waals surface area contributed by atoms with Crippen LogP contribution in [0.5, 0.6) is 5.75 Å². The Balaban J connectivity index is 2.07. The van der Waals surface area contributed by atoms with E-state index < -0.39 is 18.3 Å². The van der Waals surface area contributed by atoms with E-state index in [0.29, 0.717) is 13.1 Å². The average molecular weight is 288 g/mol. The summed E-state index contributed by atoms with van der Waals surface area (Å²) in [6.07, 6.45) is -2.73. The number of nitrogen functional groups attached to an aromatic ring is 1. The van der Waals surface area contributed by atoms with E-state index in [1.54, 1.807) is 4.90 Å². The van der Waals surface area contributed by atoms with Crippen molar-refractivity contribution < 1.29 is 22.7 Å². The molecule has 1 heterocycles. The fourth-order valence-corrected chi connectivity index (χ4v) is 2.09. The number of likely N-dealkylation sites (tertiary alicyclic amines) is 1. The van der Waals surface area contributed by atoms with Gasteiger partial charge in [0.05, 0.1) is 5.56 Å². The molecule has 0 bridgehead atoms. The zero-order valence-corrected chi connectivity index (χ0v) is 10.7. The van der Waals surface area contributed by atoms with Crippen LogP contribution in [0.15, 0.2) is 18.2 Å². The van der Waals surface area contributed by atoms with Crippen molar-refractivity contribution in [3.63, 3.8) is 0 Å². The summed E-state index contributed by atoms with van der Waals surface area (Å²) in [6.45, 7) is 0.874. The molecular formula is C13H15F3N2O2. The number of alkyl halides is 3. The van der Waals surface area contributed by atoms with Gasteiger partial charge in [-0.25, -0.2) is 0 Å². The molecule has 7 heteroatoms. The van der Waals surface area contributed by atoms with Crippen molar-refractivity contribution in [2.24, 2.45) is 0 Å². The molecule has 0 unspecified atom stereocenters. The second-order valence-electron chi connectivity index (χ2n) is 4.63. The van der Waals surface area contributed by atoms with Gasteiger partial charge in [0.2, 0.25) is 0 Å². The van der Waals surface area contributed by atoms with Crippen LogP contribution in [0.2, 0.25) is 0 Å². The van der Waals surface area contributed by atoms with Gasteiger partial charge in [-0.2, -0.15) is 13.2 Å². The molecule has 2 N–H and O–H groups in total. The fourth-order valence-electron chi connectivity index (χ4n) is 2.09. The molecular weight excluding hydrogens is 273 g/mol. The summed E-state index contributed by atoms with van der Waals surface area (Å²) in [7, 11) is 0. The molecule has 0 radical (unpaired) electrons. The molecule has 0 aliphatic carbocycles. The van der Waals surface area contributed by atoms with Gasteiger partial charge in [0, 0.05) is 18.8 Å². The Morgan fingerprint density at radius 3 is 2.55 bits per heavy atom. The van der Waals surface area contributed by atoms with Crippen molar-refractivity contribution in [1.29, 1.82) is 0 Å². The number of halogens is 3. The molecule has 0 spiro atoms. The number of nitrogens with zero attached hydrogens (tertiary/aromatic N) is 1. The van der Waals surface area contributed by atoms with Crippen molar-refractivity contribution in [2.75, 3.05) is 25.4 Å². The van der Waals surface area contributed by atoms with Gasteiger partial charge < -0.3 is 15.4 Å². The number of ether oxygens (including phenoxy) is 1. The van der Waals surface area contributed by atoms with Gasteiger partial charge in [-0.15, -0.1) is 0 Å². The lowest BCUT2D eigenvalue weighted by Crippen LogP contribution is -2.32. The maximum Gasteiger partial charge on any atom is 0.420 e. The van der Waals surface area contributed by atoms with Crippen LogP contribution in [-0.4, -0.2) is 30.5 Å². The number of carbonyl (C=O) groups is 1. The molecule has 1 aliphatic rings. The number of amides is 1. The quantitative estimate of drug-likeness (QED) is 0.868. The second-order valence-corrected chi connectivity index (χ2v) is 4.63. The predicted molar refractivity (Wildman–Crippen MR) is 67.2 cm³/mol. The Morgan fingerprint density at radius 2 is 1.95 bits per heavy atom. The summed E-state index contributed by atoms with van der Waals surface area (Å²) < 4.78 is 43.5. The summed E-state index contributed by atoms with van der Waals surface area (Å²) in [6, 6.07) is 3.25. The lowest BCUT2D eigenvalue weighted by molar-refractivity contribution is -0.140. The van der Waals surface area contributed by atoms with Gasteiger partial charge in [-0.05, 0) is 31.0 Å². The maximum atomic E-state index is 12.8. The first kappa shape index (κ1) is 14.5. The minimum absolute atomic E-state index is 0.00413. The van der Waals surface area contributed by atoms with Crippen LogP contribution in [0.4, 0.5) is 18.9 Å². The number of anilines is 1. The van der Waals surface area contributed by atoms with Crippen LogP contribution in [0.3, 0.4) is 0 Å². The smallest absolute Gasteiger partial charge is 0.420 e. The van der Waals surface area contributed by atoms with E-state index in [1.165, 1.54) is 6.07 Å². The standard InChI is InChI=1S/C13H15F3N2O2/c14-13(15,16)10-7-9(17)3-4-11(10)20-8-12(19)18-5-1-2-6-18/h3-4,7H,1-2,5-6,8,17H2. The Hall–Kier alpha value is -1.92. The Labute approximate surface area is 114 Å². The molecule has 1 fully saturated rings. The van der Waals surface area contributed by atoms with Gasteiger partial charge >= 0.3 is 6.18 Å². The maximum absolute atomic E-state index is 12.8. The molecule has 1 aromatic rings. The van der Waals surface area contributed by atoms with E-state index in [-0.39, 0.29) is 17.3 Å². The lowest BCUT2D eigenvalue weighted by Gasteiger charge is -2.18. The highest BCUT2D eigenvalue weighted by Gasteiger charge is 2.35. The van der Waals surface area contributed by atoms with Crippen molar-refractivity contribution in [1.82, 2.24) is 4.90 Å². The van der Waals surface area contributed by atoms with Crippen molar-refractivity contribution in [3.8, 4) is 5.75 Å². The number of hydrogen-bond donors (Lipinski definition) is 1. The minimum Gasteiger partial charge on any atom is -0.483 e. The highest BCUT2D eigenvalue weighted by atomic mass is 19.4. The number of carbonyl (C=O) groups excluding carboxylic acids is 1.